The summed E-state index contributed by atoms with van der Waals surface area (Å²) in [6.45, 7) is 2.76. The lowest BCUT2D eigenvalue weighted by Gasteiger charge is -2.11. The minimum Gasteiger partial charge on any atom is -0.493 e. The molecule has 6 heteroatoms. The van der Waals surface area contributed by atoms with Crippen molar-refractivity contribution >= 4 is 28.7 Å². The highest BCUT2D eigenvalue weighted by Crippen LogP contribution is 2.28. The fraction of sp³-hybridized carbons (Fsp3) is 0.174. The Hall–Kier alpha value is -3.12. The van der Waals surface area contributed by atoms with Gasteiger partial charge in [-0.2, -0.15) is 9.78 Å². The second kappa shape index (κ2) is 8.92. The molecule has 3 aromatic carbocycles. The Morgan fingerprint density at radius 3 is 2.59 bits per heavy atom. The highest BCUT2D eigenvalue weighted by molar-refractivity contribution is 7.98. The Kier molecular flexibility index (Phi) is 5.91. The van der Waals surface area contributed by atoms with Crippen LogP contribution in [0.5, 0.6) is 5.75 Å². The predicted octanol–water partition coefficient (Wildman–Crippen LogP) is 5.49. The maximum Gasteiger partial charge on any atom is 0.212 e. The average Bonchev–Trinajstić information content (AvgIpc) is 3.19. The van der Waals surface area contributed by atoms with E-state index in [4.69, 9.17) is 9.84 Å². The van der Waals surface area contributed by atoms with Gasteiger partial charge < -0.3 is 4.74 Å². The van der Waals surface area contributed by atoms with Crippen LogP contribution in [0.4, 0.5) is 0 Å². The van der Waals surface area contributed by atoms with Gasteiger partial charge in [-0.05, 0) is 29.5 Å². The van der Waals surface area contributed by atoms with Crippen LogP contribution < -0.4 is 4.74 Å². The summed E-state index contributed by atoms with van der Waals surface area (Å²) >= 11 is 1.51. The summed E-state index contributed by atoms with van der Waals surface area (Å²) < 4.78 is 7.78. The van der Waals surface area contributed by atoms with Gasteiger partial charge in [0.05, 0.1) is 12.8 Å². The summed E-state index contributed by atoms with van der Waals surface area (Å²) in [5.74, 6) is 1.54. The van der Waals surface area contributed by atoms with Crippen LogP contribution in [0.1, 0.15) is 18.9 Å². The molecule has 5 nitrogen and oxygen atoms in total. The highest BCUT2D eigenvalue weighted by atomic mass is 32.2. The van der Waals surface area contributed by atoms with Crippen LogP contribution in [-0.4, -0.2) is 34.0 Å². The molecule has 0 N–H and O–H groups in total. The number of fused-ring (bicyclic) bond motifs is 1. The van der Waals surface area contributed by atoms with Crippen LogP contribution in [0.2, 0.25) is 0 Å². The Labute approximate surface area is 174 Å². The largest absolute Gasteiger partial charge is 0.493 e. The zero-order valence-electron chi connectivity index (χ0n) is 16.4. The van der Waals surface area contributed by atoms with E-state index in [1.807, 2.05) is 61.0 Å². The van der Waals surface area contributed by atoms with Gasteiger partial charge in [-0.15, -0.1) is 10.2 Å². The molecule has 0 bridgehead atoms. The van der Waals surface area contributed by atoms with E-state index in [0.29, 0.717) is 12.4 Å². The number of benzene rings is 3. The Bertz CT molecular complexity index is 1140. The van der Waals surface area contributed by atoms with Gasteiger partial charge in [-0.3, -0.25) is 0 Å². The standard InChI is InChI=1S/C23H22N4OS/c1-3-15-28-21-14-13-17-9-7-8-12-19(17)20(21)16-24-27-22(25-26-23(27)29-2)18-10-5-4-6-11-18/h4-14,16H,3,15H2,1-2H3/b24-16-. The first kappa shape index (κ1) is 19.2. The first-order valence-corrected chi connectivity index (χ1v) is 10.8. The zero-order valence-corrected chi connectivity index (χ0v) is 17.3. The third kappa shape index (κ3) is 4.03. The molecule has 0 atom stereocenters. The van der Waals surface area contributed by atoms with Crippen LogP contribution in [0.3, 0.4) is 0 Å². The summed E-state index contributed by atoms with van der Waals surface area (Å²) in [6.07, 6.45) is 4.77. The number of aromatic nitrogens is 3. The van der Waals surface area contributed by atoms with Gasteiger partial charge in [-0.25, -0.2) is 0 Å². The third-order valence-electron chi connectivity index (χ3n) is 4.52. The molecule has 0 saturated carbocycles. The molecule has 4 aromatic rings. The molecule has 0 amide bonds. The Morgan fingerprint density at radius 1 is 1.00 bits per heavy atom. The van der Waals surface area contributed by atoms with Crippen molar-refractivity contribution in [3.05, 3.63) is 72.3 Å². The fourth-order valence-corrected chi connectivity index (χ4v) is 3.56. The van der Waals surface area contributed by atoms with Gasteiger partial charge >= 0.3 is 0 Å². The van der Waals surface area contributed by atoms with Crippen LogP contribution in [0, 0.1) is 0 Å². The molecule has 0 radical (unpaired) electrons. The van der Waals surface area contributed by atoms with Crippen molar-refractivity contribution in [2.24, 2.45) is 5.10 Å². The lowest BCUT2D eigenvalue weighted by molar-refractivity contribution is 0.317. The van der Waals surface area contributed by atoms with E-state index in [-0.39, 0.29) is 0 Å². The van der Waals surface area contributed by atoms with E-state index in [0.717, 1.165) is 39.2 Å². The number of thioether (sulfide) groups is 1. The summed E-state index contributed by atoms with van der Waals surface area (Å²) in [5.41, 5.74) is 1.93. The van der Waals surface area contributed by atoms with Crippen molar-refractivity contribution in [2.75, 3.05) is 12.9 Å². The second-order valence-electron chi connectivity index (χ2n) is 6.48. The smallest absolute Gasteiger partial charge is 0.212 e. The van der Waals surface area contributed by atoms with Gasteiger partial charge in [0, 0.05) is 11.1 Å². The van der Waals surface area contributed by atoms with Gasteiger partial charge in [0.15, 0.2) is 5.82 Å². The molecule has 0 unspecified atom stereocenters. The molecular weight excluding hydrogens is 380 g/mol. The predicted molar refractivity (Wildman–Crippen MR) is 120 cm³/mol. The van der Waals surface area contributed by atoms with Crippen molar-refractivity contribution in [1.29, 1.82) is 0 Å². The Morgan fingerprint density at radius 2 is 1.79 bits per heavy atom. The zero-order chi connectivity index (χ0) is 20.1. The minimum atomic E-state index is 0.664. The topological polar surface area (TPSA) is 52.3 Å². The van der Waals surface area contributed by atoms with Crippen molar-refractivity contribution in [3.63, 3.8) is 0 Å². The van der Waals surface area contributed by atoms with E-state index < -0.39 is 0 Å². The summed E-state index contributed by atoms with van der Waals surface area (Å²) in [7, 11) is 0. The van der Waals surface area contributed by atoms with Crippen LogP contribution in [0.25, 0.3) is 22.2 Å². The number of hydrogen-bond donors (Lipinski definition) is 0. The molecule has 0 aliphatic carbocycles. The van der Waals surface area contributed by atoms with Crippen LogP contribution in [-0.2, 0) is 0 Å². The highest BCUT2D eigenvalue weighted by Gasteiger charge is 2.13. The van der Waals surface area contributed by atoms with Crippen molar-refractivity contribution < 1.29 is 4.74 Å². The lowest BCUT2D eigenvalue weighted by atomic mass is 10.0. The van der Waals surface area contributed by atoms with E-state index >= 15 is 0 Å². The first-order chi connectivity index (χ1) is 14.3. The first-order valence-electron chi connectivity index (χ1n) is 9.55. The van der Waals surface area contributed by atoms with E-state index in [1.165, 1.54) is 11.8 Å². The minimum absolute atomic E-state index is 0.664. The van der Waals surface area contributed by atoms with Gasteiger partial charge in [-0.1, -0.05) is 79.3 Å². The molecule has 0 saturated heterocycles. The molecule has 0 spiro atoms. The van der Waals surface area contributed by atoms with Gasteiger partial charge in [0.2, 0.25) is 5.16 Å². The molecule has 0 aliphatic heterocycles. The molecule has 146 valence electrons. The number of hydrogen-bond acceptors (Lipinski definition) is 5. The number of rotatable bonds is 7. The van der Waals surface area contributed by atoms with E-state index in [9.17, 15) is 0 Å². The summed E-state index contributed by atoms with van der Waals surface area (Å²) in [4.78, 5) is 0. The average molecular weight is 403 g/mol. The normalized spacial score (nSPS) is 11.4. The van der Waals surface area contributed by atoms with E-state index in [1.54, 1.807) is 4.68 Å². The Balaban J connectivity index is 1.82. The maximum atomic E-state index is 6.00. The number of nitrogens with zero attached hydrogens (tertiary/aromatic N) is 4. The number of ether oxygens (including phenoxy) is 1. The summed E-state index contributed by atoms with van der Waals surface area (Å²) in [6, 6.07) is 22.3. The van der Waals surface area contributed by atoms with Gasteiger partial charge in [0.25, 0.3) is 0 Å². The molecule has 1 aromatic heterocycles. The summed E-state index contributed by atoms with van der Waals surface area (Å²) in [5, 5.41) is 16.4. The van der Waals surface area contributed by atoms with E-state index in [2.05, 4.69) is 35.3 Å². The molecule has 0 aliphatic rings. The van der Waals surface area contributed by atoms with Crippen molar-refractivity contribution in [2.45, 2.75) is 18.5 Å². The van der Waals surface area contributed by atoms with Crippen molar-refractivity contribution in [1.82, 2.24) is 14.9 Å². The van der Waals surface area contributed by atoms with Crippen molar-refractivity contribution in [3.8, 4) is 17.1 Å². The third-order valence-corrected chi connectivity index (χ3v) is 5.14. The molecule has 1 heterocycles. The van der Waals surface area contributed by atoms with Crippen LogP contribution >= 0.6 is 11.8 Å². The SMILES string of the molecule is CCCOc1ccc2ccccc2c1/C=N\n1c(SC)nnc1-c1ccccc1. The maximum absolute atomic E-state index is 6.00. The second-order valence-corrected chi connectivity index (χ2v) is 7.25. The molecule has 0 fully saturated rings. The van der Waals surface area contributed by atoms with Gasteiger partial charge in [0.1, 0.15) is 5.75 Å². The van der Waals surface area contributed by atoms with Crippen LogP contribution in [0.15, 0.2) is 77.0 Å². The molecule has 4 rings (SSSR count). The fourth-order valence-electron chi connectivity index (χ4n) is 3.13. The molecule has 29 heavy (non-hydrogen) atoms. The lowest BCUT2D eigenvalue weighted by Crippen LogP contribution is -2.01. The monoisotopic (exact) mass is 402 g/mol. The molecular formula is C23H22N4OS. The quantitative estimate of drug-likeness (QED) is 0.303.